The number of likely N-dealkylation sites (tertiary alicyclic amines) is 1. The average Bonchev–Trinajstić information content (AvgIpc) is 3.10. The first kappa shape index (κ1) is 21.8. The van der Waals surface area contributed by atoms with Crippen molar-refractivity contribution in [2.75, 3.05) is 13.2 Å². The Morgan fingerprint density at radius 2 is 2.04 bits per heavy atom. The number of amides is 1. The molecule has 1 heterocycles. The first-order valence-electron chi connectivity index (χ1n) is 9.50. The largest absolute Gasteiger partial charge is 0.485 e. The van der Waals surface area contributed by atoms with Crippen LogP contribution in [-0.4, -0.2) is 40.8 Å². The molecule has 1 amide bonds. The molecule has 1 aromatic rings. The van der Waals surface area contributed by atoms with Crippen LogP contribution in [0.1, 0.15) is 58.4 Å². The monoisotopic (exact) mass is 409 g/mol. The Kier molecular flexibility index (Phi) is 7.40. The minimum absolute atomic E-state index is 0.0328. The van der Waals surface area contributed by atoms with E-state index >= 15 is 0 Å². The lowest BCUT2D eigenvalue weighted by Crippen LogP contribution is -2.48. The SMILES string of the molecule is CCCOC(=S)[C@@H]1C(c2cccc(Cl)c2)CCN1C(=O)C(=O)C(C)(C)CC. The number of benzene rings is 1. The van der Waals surface area contributed by atoms with Gasteiger partial charge in [-0.3, -0.25) is 9.59 Å². The number of hydrogen-bond donors (Lipinski definition) is 0. The van der Waals surface area contributed by atoms with E-state index in [1.165, 1.54) is 0 Å². The van der Waals surface area contributed by atoms with Crippen LogP contribution in [0.4, 0.5) is 0 Å². The van der Waals surface area contributed by atoms with Crippen molar-refractivity contribution in [3.8, 4) is 0 Å². The van der Waals surface area contributed by atoms with Crippen LogP contribution in [0.15, 0.2) is 24.3 Å². The van der Waals surface area contributed by atoms with Gasteiger partial charge in [0.25, 0.3) is 5.91 Å². The van der Waals surface area contributed by atoms with Gasteiger partial charge in [0.2, 0.25) is 5.78 Å². The molecule has 1 unspecified atom stereocenters. The van der Waals surface area contributed by atoms with E-state index in [9.17, 15) is 9.59 Å². The van der Waals surface area contributed by atoms with Crippen LogP contribution in [0.2, 0.25) is 5.02 Å². The zero-order chi connectivity index (χ0) is 20.2. The van der Waals surface area contributed by atoms with E-state index in [-0.39, 0.29) is 11.7 Å². The van der Waals surface area contributed by atoms with Crippen molar-refractivity contribution in [3.05, 3.63) is 34.9 Å². The Balaban J connectivity index is 2.35. The molecular weight excluding hydrogens is 382 g/mol. The molecule has 0 spiro atoms. The summed E-state index contributed by atoms with van der Waals surface area (Å²) in [7, 11) is 0. The van der Waals surface area contributed by atoms with Crippen molar-refractivity contribution < 1.29 is 14.3 Å². The van der Waals surface area contributed by atoms with Crippen molar-refractivity contribution in [3.63, 3.8) is 0 Å². The molecule has 0 radical (unpaired) electrons. The molecule has 1 aliphatic rings. The lowest BCUT2D eigenvalue weighted by atomic mass is 9.84. The molecule has 2 rings (SSSR count). The third-order valence-electron chi connectivity index (χ3n) is 5.32. The molecule has 0 N–H and O–H groups in total. The van der Waals surface area contributed by atoms with E-state index < -0.39 is 17.4 Å². The summed E-state index contributed by atoms with van der Waals surface area (Å²) in [5, 5.41) is 1.01. The molecule has 0 aliphatic carbocycles. The second kappa shape index (κ2) is 9.16. The highest BCUT2D eigenvalue weighted by Gasteiger charge is 2.45. The first-order valence-corrected chi connectivity index (χ1v) is 10.3. The summed E-state index contributed by atoms with van der Waals surface area (Å²) in [6, 6.07) is 7.15. The highest BCUT2D eigenvalue weighted by Crippen LogP contribution is 2.37. The van der Waals surface area contributed by atoms with Crippen molar-refractivity contribution in [2.45, 2.75) is 58.9 Å². The molecule has 0 bridgehead atoms. The number of halogens is 1. The predicted molar refractivity (Wildman–Crippen MR) is 112 cm³/mol. The van der Waals surface area contributed by atoms with E-state index in [1.54, 1.807) is 18.7 Å². The van der Waals surface area contributed by atoms with Crippen LogP contribution < -0.4 is 0 Å². The summed E-state index contributed by atoms with van der Waals surface area (Å²) in [6.45, 7) is 8.49. The molecule has 27 heavy (non-hydrogen) atoms. The minimum atomic E-state index is -0.693. The summed E-state index contributed by atoms with van der Waals surface area (Å²) in [6.07, 6.45) is 2.14. The molecule has 4 nitrogen and oxygen atoms in total. The van der Waals surface area contributed by atoms with Crippen LogP contribution in [0, 0.1) is 5.41 Å². The number of Topliss-reactive ketones (excluding diaryl/α,β-unsaturated/α-hetero) is 1. The molecule has 6 heteroatoms. The standard InChI is InChI=1S/C21H28ClNO3S/c1-5-12-26-20(27)17-16(14-8-7-9-15(22)13-14)10-11-23(17)19(25)18(24)21(3,4)6-2/h7-9,13,16-17H,5-6,10-12H2,1-4H3/t16?,17-/m0/s1. The Morgan fingerprint density at radius 1 is 1.33 bits per heavy atom. The summed E-state index contributed by atoms with van der Waals surface area (Å²) in [5.41, 5.74) is 0.314. The molecule has 2 atom stereocenters. The summed E-state index contributed by atoms with van der Waals surface area (Å²) in [5.74, 6) is -0.881. The van der Waals surface area contributed by atoms with E-state index in [4.69, 9.17) is 28.6 Å². The number of nitrogens with zero attached hydrogens (tertiary/aromatic N) is 1. The smallest absolute Gasteiger partial charge is 0.291 e. The second-order valence-corrected chi connectivity index (χ2v) is 8.47. The Hall–Kier alpha value is -1.46. The molecule has 0 aromatic heterocycles. The number of rotatable bonds is 7. The minimum Gasteiger partial charge on any atom is -0.485 e. The molecule has 1 fully saturated rings. The van der Waals surface area contributed by atoms with Gasteiger partial charge in [-0.25, -0.2) is 0 Å². The van der Waals surface area contributed by atoms with Gasteiger partial charge in [-0.05, 0) is 49.2 Å². The molecule has 0 saturated carbocycles. The van der Waals surface area contributed by atoms with Crippen LogP contribution in [0.3, 0.4) is 0 Å². The van der Waals surface area contributed by atoms with Gasteiger partial charge in [-0.15, -0.1) is 0 Å². The van der Waals surface area contributed by atoms with Gasteiger partial charge in [0.05, 0.1) is 6.61 Å². The van der Waals surface area contributed by atoms with Crippen molar-refractivity contribution in [1.29, 1.82) is 0 Å². The fourth-order valence-corrected chi connectivity index (χ4v) is 3.84. The number of thiocarbonyl (C=S) groups is 1. The molecule has 148 valence electrons. The van der Waals surface area contributed by atoms with Gasteiger partial charge >= 0.3 is 0 Å². The van der Waals surface area contributed by atoms with E-state index in [0.717, 1.165) is 12.0 Å². The quantitative estimate of drug-likeness (QED) is 0.480. The van der Waals surface area contributed by atoms with Crippen molar-refractivity contribution in [2.24, 2.45) is 5.41 Å². The zero-order valence-corrected chi connectivity index (χ0v) is 18.0. The number of carbonyl (C=O) groups is 2. The molecule has 1 aromatic carbocycles. The summed E-state index contributed by atoms with van der Waals surface area (Å²) < 4.78 is 5.72. The van der Waals surface area contributed by atoms with Crippen molar-refractivity contribution >= 4 is 40.6 Å². The van der Waals surface area contributed by atoms with Crippen LogP contribution in [0.25, 0.3) is 0 Å². The lowest BCUT2D eigenvalue weighted by Gasteiger charge is -2.31. The van der Waals surface area contributed by atoms with Crippen molar-refractivity contribution in [1.82, 2.24) is 4.90 Å². The zero-order valence-electron chi connectivity index (χ0n) is 16.5. The van der Waals surface area contributed by atoms with Crippen LogP contribution >= 0.6 is 23.8 Å². The summed E-state index contributed by atoms with van der Waals surface area (Å²) >= 11 is 11.7. The van der Waals surface area contributed by atoms with Gasteiger partial charge in [0, 0.05) is 22.9 Å². The van der Waals surface area contributed by atoms with E-state index in [1.807, 2.05) is 38.1 Å². The normalized spacial score (nSPS) is 19.8. The topological polar surface area (TPSA) is 46.6 Å². The van der Waals surface area contributed by atoms with Gasteiger partial charge in [-0.2, -0.15) is 0 Å². The summed E-state index contributed by atoms with van der Waals surface area (Å²) in [4.78, 5) is 27.4. The van der Waals surface area contributed by atoms with Gasteiger partial charge in [0.1, 0.15) is 6.04 Å². The average molecular weight is 410 g/mol. The maximum Gasteiger partial charge on any atom is 0.291 e. The molecular formula is C21H28ClNO3S. The van der Waals surface area contributed by atoms with Gasteiger partial charge in [0.15, 0.2) is 5.05 Å². The Labute approximate surface area is 172 Å². The van der Waals surface area contributed by atoms with E-state index in [0.29, 0.717) is 36.1 Å². The van der Waals surface area contributed by atoms with E-state index in [2.05, 4.69) is 0 Å². The second-order valence-electron chi connectivity index (χ2n) is 7.63. The third kappa shape index (κ3) is 4.88. The third-order valence-corrected chi connectivity index (χ3v) is 5.91. The predicted octanol–water partition coefficient (Wildman–Crippen LogP) is 4.78. The Morgan fingerprint density at radius 3 is 2.63 bits per heavy atom. The highest BCUT2D eigenvalue weighted by molar-refractivity contribution is 7.80. The fraction of sp³-hybridized carbons (Fsp3) is 0.571. The van der Waals surface area contributed by atoms with Gasteiger partial charge in [-0.1, -0.05) is 51.4 Å². The lowest BCUT2D eigenvalue weighted by molar-refractivity contribution is -0.149. The van der Waals surface area contributed by atoms with Gasteiger partial charge < -0.3 is 9.64 Å². The number of ketones is 1. The Bertz CT molecular complexity index is 719. The number of ether oxygens (including phenoxy) is 1. The highest BCUT2D eigenvalue weighted by atomic mass is 35.5. The van der Waals surface area contributed by atoms with Crippen LogP contribution in [-0.2, 0) is 14.3 Å². The number of carbonyl (C=O) groups excluding carboxylic acids is 2. The first-order chi connectivity index (χ1) is 12.7. The number of hydrogen-bond acceptors (Lipinski definition) is 4. The maximum atomic E-state index is 13.0. The fourth-order valence-electron chi connectivity index (χ4n) is 3.27. The van der Waals surface area contributed by atoms with Crippen LogP contribution in [0.5, 0.6) is 0 Å². The maximum absolute atomic E-state index is 13.0. The molecule has 1 aliphatic heterocycles. The molecule has 1 saturated heterocycles.